The fourth-order valence-corrected chi connectivity index (χ4v) is 16.6. The summed E-state index contributed by atoms with van der Waals surface area (Å²) in [7, 11) is -9.76. The number of rotatable bonds is 30. The second-order valence-electron chi connectivity index (χ2n) is 27.2. The molecule has 4 saturated carbocycles. The summed E-state index contributed by atoms with van der Waals surface area (Å²) in [5.74, 6) is 0.402. The van der Waals surface area contributed by atoms with Crippen molar-refractivity contribution in [3.05, 3.63) is 24.3 Å². The quantitative estimate of drug-likeness (QED) is 0.0176. The summed E-state index contributed by atoms with van der Waals surface area (Å²) in [5, 5.41) is 43.1. The molecule has 424 valence electrons. The Kier molecular flexibility index (Phi) is 26.5. The van der Waals surface area contributed by atoms with Crippen LogP contribution in [0.5, 0.6) is 0 Å². The minimum atomic E-state index is -2.93. The smallest absolute Gasteiger partial charge is 0.197 e. The van der Waals surface area contributed by atoms with Crippen molar-refractivity contribution in [3.8, 4) is 0 Å². The lowest BCUT2D eigenvalue weighted by molar-refractivity contribution is -0.0396. The van der Waals surface area contributed by atoms with Gasteiger partial charge in [0.15, 0.2) is 31.4 Å². The summed E-state index contributed by atoms with van der Waals surface area (Å²) in [4.78, 5) is 19.0. The van der Waals surface area contributed by atoms with E-state index in [1.54, 1.807) is 0 Å². The molecule has 14 heteroatoms. The van der Waals surface area contributed by atoms with Crippen molar-refractivity contribution in [1.29, 1.82) is 0 Å². The van der Waals surface area contributed by atoms with Crippen LogP contribution in [0.15, 0.2) is 24.3 Å². The van der Waals surface area contributed by atoms with Crippen LogP contribution < -0.4 is 0 Å². The Balaban J connectivity index is 0.000000410. The molecule has 4 aliphatic rings. The first kappa shape index (κ1) is 66.3. The molecule has 0 aromatic rings. The van der Waals surface area contributed by atoms with Crippen molar-refractivity contribution >= 4 is 31.4 Å². The highest BCUT2D eigenvalue weighted by Crippen LogP contribution is 2.53. The van der Waals surface area contributed by atoms with Gasteiger partial charge in [-0.05, 0) is 142 Å². The Morgan fingerprint density at radius 2 is 1.04 bits per heavy atom. The third-order valence-corrected chi connectivity index (χ3v) is 30.3. The first-order chi connectivity index (χ1) is 33.2. The first-order valence-corrected chi connectivity index (χ1v) is 39.6. The van der Waals surface area contributed by atoms with Gasteiger partial charge in [0.25, 0.3) is 0 Å². The van der Waals surface area contributed by atoms with Gasteiger partial charge in [0.05, 0.1) is 36.6 Å². The molecule has 12 atom stereocenters. The summed E-state index contributed by atoms with van der Waals surface area (Å²) >= 11 is 0. The standard InChI is InChI=1S/C35H71O5PSi2.C23H43O5P/c1-13-23-35(24-19-25-35)32(40-43(11,12)34(5,6)7)22-18-21-29-28(20-16-14-15-17-26-41(8,37)38)30(36)27-31(29)39-42(9,10)33(2,3)4;1-3-13-23(14-9-15-23)22(26)12-8-11-19-18(20(24)17-21(19)25)10-6-4-5-7-16-29(2,27)28/h18,21,28-32,36H,13-17,19-20,22-27H2,1-12H3,(H,37,38);8,11,18-22,24-26H,3-7,9-10,12-17H2,1-2H3,(H,27,28)/b21-18+;11-8+/t28-,29-,30?,31-,32?;18-,19-,20?,21-,22?/m11/s1. The molecule has 0 aliphatic heterocycles. The maximum absolute atomic E-state index is 11.7. The zero-order chi connectivity index (χ0) is 54.4. The van der Waals surface area contributed by atoms with Crippen molar-refractivity contribution in [3.63, 3.8) is 0 Å². The van der Waals surface area contributed by atoms with Gasteiger partial charge in [-0.15, -0.1) is 0 Å². The fourth-order valence-electron chi connectivity index (χ4n) is 12.2. The van der Waals surface area contributed by atoms with Gasteiger partial charge in [0.2, 0.25) is 0 Å². The van der Waals surface area contributed by atoms with E-state index < -0.39 is 43.6 Å². The Morgan fingerprint density at radius 3 is 1.49 bits per heavy atom. The van der Waals surface area contributed by atoms with Crippen molar-refractivity contribution in [2.24, 2.45) is 34.5 Å². The number of hydrogen-bond acceptors (Lipinski definition) is 8. The highest BCUT2D eigenvalue weighted by molar-refractivity contribution is 7.57. The minimum Gasteiger partial charge on any atom is -0.413 e. The van der Waals surface area contributed by atoms with Gasteiger partial charge in [0, 0.05) is 43.9 Å². The van der Waals surface area contributed by atoms with E-state index in [0.29, 0.717) is 37.0 Å². The van der Waals surface area contributed by atoms with Crippen LogP contribution in [0.3, 0.4) is 0 Å². The Hall–Kier alpha value is 0.0538. The molecule has 4 fully saturated rings. The van der Waals surface area contributed by atoms with Crippen LogP contribution >= 0.6 is 14.7 Å². The molecular formula is C58H114O10P2Si2. The van der Waals surface area contributed by atoms with E-state index in [2.05, 4.69) is 93.7 Å². The molecule has 0 spiro atoms. The normalized spacial score (nSPS) is 29.3. The Labute approximate surface area is 444 Å². The average molecular weight is 1090 g/mol. The molecule has 6 unspecified atom stereocenters. The molecule has 0 saturated heterocycles. The highest BCUT2D eigenvalue weighted by Gasteiger charge is 2.50. The van der Waals surface area contributed by atoms with Crippen molar-refractivity contribution in [2.75, 3.05) is 25.7 Å². The zero-order valence-electron chi connectivity index (χ0n) is 48.7. The summed E-state index contributed by atoms with van der Waals surface area (Å²) in [6.45, 7) is 30.7. The molecular weight excluding hydrogens is 975 g/mol. The van der Waals surface area contributed by atoms with Crippen LogP contribution in [0, 0.1) is 34.5 Å². The Bertz CT molecular complexity index is 1720. The molecule has 4 aliphatic carbocycles. The van der Waals surface area contributed by atoms with E-state index in [1.165, 1.54) is 51.9 Å². The van der Waals surface area contributed by atoms with Crippen molar-refractivity contribution < 1.29 is 48.2 Å². The van der Waals surface area contributed by atoms with Crippen molar-refractivity contribution in [2.45, 2.75) is 282 Å². The molecule has 6 N–H and O–H groups in total. The maximum atomic E-state index is 11.7. The van der Waals surface area contributed by atoms with Crippen molar-refractivity contribution in [1.82, 2.24) is 0 Å². The predicted molar refractivity (Wildman–Crippen MR) is 309 cm³/mol. The van der Waals surface area contributed by atoms with Crippen LogP contribution in [0.4, 0.5) is 0 Å². The number of unbranched alkanes of at least 4 members (excludes halogenated alkanes) is 6. The molecule has 4 rings (SSSR count). The SMILES string of the molecule is CCCC1(C(C/C=C/[C@H]2[C@H](O[Si](C)(C)C(C)(C)C)CC(O)[C@@H]2CCCCCCP(C)(=O)O)O[Si](C)(C)C(C)(C)C)CCC1.CCCC1(C(O)C/C=C/[C@H]2[C@H](O)CC(O)[C@@H]2CCCCCCP(C)(=O)O)CCC1. The predicted octanol–water partition coefficient (Wildman–Crippen LogP) is 15.0. The molecule has 0 bridgehead atoms. The first-order valence-electron chi connectivity index (χ1n) is 29.2. The fraction of sp³-hybridized carbons (Fsp3) is 0.931. The zero-order valence-corrected chi connectivity index (χ0v) is 52.5. The molecule has 72 heavy (non-hydrogen) atoms. The van der Waals surface area contributed by atoms with Gasteiger partial charge < -0.3 is 39.1 Å². The van der Waals surface area contributed by atoms with Gasteiger partial charge in [-0.1, -0.05) is 144 Å². The molecule has 0 radical (unpaired) electrons. The number of aliphatic hydroxyl groups excluding tert-OH is 4. The highest BCUT2D eigenvalue weighted by atomic mass is 31.2. The Morgan fingerprint density at radius 1 is 0.611 bits per heavy atom. The summed E-state index contributed by atoms with van der Waals surface area (Å²) in [6, 6.07) is 0. The van der Waals surface area contributed by atoms with E-state index in [4.69, 9.17) is 8.85 Å². The number of hydrogen-bond donors (Lipinski definition) is 6. The van der Waals surface area contributed by atoms with E-state index in [9.17, 15) is 39.3 Å². The number of aliphatic hydroxyl groups is 4. The third kappa shape index (κ3) is 20.4. The lowest BCUT2D eigenvalue weighted by Gasteiger charge is -2.51. The molecule has 0 aromatic carbocycles. The summed E-state index contributed by atoms with van der Waals surface area (Å²) in [6.07, 6.45) is 32.3. The van der Waals surface area contributed by atoms with Crippen LogP contribution in [-0.4, -0.2) is 109 Å². The summed E-state index contributed by atoms with van der Waals surface area (Å²) in [5.41, 5.74) is 0.403. The van der Waals surface area contributed by atoms with E-state index in [-0.39, 0.29) is 63.6 Å². The van der Waals surface area contributed by atoms with E-state index in [0.717, 1.165) is 96.3 Å². The van der Waals surface area contributed by atoms with Crippen LogP contribution in [0.1, 0.15) is 209 Å². The topological polar surface area (TPSA) is 174 Å². The van der Waals surface area contributed by atoms with Gasteiger partial charge in [-0.3, -0.25) is 9.13 Å². The maximum Gasteiger partial charge on any atom is 0.197 e. The molecule has 10 nitrogen and oxygen atoms in total. The van der Waals surface area contributed by atoms with Gasteiger partial charge in [0.1, 0.15) is 0 Å². The lowest BCUT2D eigenvalue weighted by Crippen LogP contribution is -2.51. The van der Waals surface area contributed by atoms with E-state index >= 15 is 0 Å². The van der Waals surface area contributed by atoms with E-state index in [1.807, 2.05) is 12.2 Å². The third-order valence-electron chi connectivity index (χ3n) is 19.0. The van der Waals surface area contributed by atoms with Crippen LogP contribution in [0.2, 0.25) is 36.3 Å². The van der Waals surface area contributed by atoms with Crippen LogP contribution in [-0.2, 0) is 18.0 Å². The average Bonchev–Trinajstić information content (AvgIpc) is 3.65. The second-order valence-corrected chi connectivity index (χ2v) is 41.8. The molecule has 0 amide bonds. The monoisotopic (exact) mass is 1090 g/mol. The van der Waals surface area contributed by atoms with Crippen LogP contribution in [0.25, 0.3) is 0 Å². The minimum absolute atomic E-state index is 0.0468. The lowest BCUT2D eigenvalue weighted by atomic mass is 9.62. The summed E-state index contributed by atoms with van der Waals surface area (Å²) < 4.78 is 37.2. The van der Waals surface area contributed by atoms with Gasteiger partial charge in [-0.2, -0.15) is 0 Å². The van der Waals surface area contributed by atoms with Gasteiger partial charge >= 0.3 is 0 Å². The van der Waals surface area contributed by atoms with Gasteiger partial charge in [-0.25, -0.2) is 0 Å². The molecule has 0 heterocycles. The largest absolute Gasteiger partial charge is 0.413 e. The second kappa shape index (κ2) is 28.8. The molecule has 0 aromatic heterocycles.